The van der Waals surface area contributed by atoms with Crippen LogP contribution in [-0.2, 0) is 0 Å². The second kappa shape index (κ2) is 7.83. The lowest BCUT2D eigenvalue weighted by Crippen LogP contribution is -2.11. The van der Waals surface area contributed by atoms with Crippen molar-refractivity contribution in [3.05, 3.63) is 88.0 Å². The topological polar surface area (TPSA) is 53.8 Å². The molecule has 0 unspecified atom stereocenters. The molecule has 118 valence electrons. The Kier molecular flexibility index (Phi) is 5.32. The first-order chi connectivity index (χ1) is 11.7. The predicted octanol–water partition coefficient (Wildman–Crippen LogP) is 5.96. The number of anilines is 1. The molecule has 0 spiro atoms. The van der Waals surface area contributed by atoms with E-state index in [2.05, 4.69) is 38.1 Å². The van der Waals surface area contributed by atoms with Crippen LogP contribution in [0.1, 0.15) is 10.4 Å². The molecule has 0 aromatic heterocycles. The van der Waals surface area contributed by atoms with E-state index in [1.54, 1.807) is 6.07 Å². The minimum Gasteiger partial charge on any atom is -0.322 e. The lowest BCUT2D eigenvalue weighted by atomic mass is 10.2. The molecule has 1 N–H and O–H groups in total. The molecule has 0 saturated heterocycles. The first-order valence-electron chi connectivity index (χ1n) is 7.34. The summed E-state index contributed by atoms with van der Waals surface area (Å²) < 4.78 is 1.02. The van der Waals surface area contributed by atoms with Gasteiger partial charge in [-0.3, -0.25) is 4.79 Å². The summed E-state index contributed by atoms with van der Waals surface area (Å²) in [4.78, 5) is 12.2. The van der Waals surface area contributed by atoms with Crippen molar-refractivity contribution in [1.82, 2.24) is 0 Å². The maximum atomic E-state index is 12.2. The second-order valence-electron chi connectivity index (χ2n) is 5.05. The van der Waals surface area contributed by atoms with Crippen molar-refractivity contribution in [2.45, 2.75) is 0 Å². The molecule has 0 radical (unpaired) electrons. The quantitative estimate of drug-likeness (QED) is 0.406. The highest BCUT2D eigenvalue weighted by molar-refractivity contribution is 14.1. The standard InChI is InChI=1S/C19H14IN3O/c20-15-6-4-5-14(13-15)19(24)21-16-9-11-18(12-10-16)23-22-17-7-2-1-3-8-17/h1-13H,(H,21,24). The highest BCUT2D eigenvalue weighted by Crippen LogP contribution is 2.20. The third-order valence-electron chi connectivity index (χ3n) is 3.25. The summed E-state index contributed by atoms with van der Waals surface area (Å²) in [5.41, 5.74) is 2.88. The summed E-state index contributed by atoms with van der Waals surface area (Å²) in [6.07, 6.45) is 0. The van der Waals surface area contributed by atoms with Crippen LogP contribution in [0.5, 0.6) is 0 Å². The monoisotopic (exact) mass is 427 g/mol. The number of amides is 1. The van der Waals surface area contributed by atoms with Gasteiger partial charge in [-0.25, -0.2) is 0 Å². The molecule has 0 heterocycles. The number of nitrogens with one attached hydrogen (secondary N) is 1. The Hall–Kier alpha value is -2.54. The highest BCUT2D eigenvalue weighted by atomic mass is 127. The molecule has 0 aliphatic heterocycles. The second-order valence-corrected chi connectivity index (χ2v) is 6.29. The van der Waals surface area contributed by atoms with E-state index in [0.29, 0.717) is 5.56 Å². The van der Waals surface area contributed by atoms with E-state index in [0.717, 1.165) is 20.6 Å². The van der Waals surface area contributed by atoms with Crippen molar-refractivity contribution >= 4 is 45.6 Å². The summed E-state index contributed by atoms with van der Waals surface area (Å²) >= 11 is 2.19. The maximum Gasteiger partial charge on any atom is 0.255 e. The SMILES string of the molecule is O=C(Nc1ccc(N=Nc2ccccc2)cc1)c1cccc(I)c1. The van der Waals surface area contributed by atoms with E-state index in [4.69, 9.17) is 0 Å². The Balaban J connectivity index is 1.66. The summed E-state index contributed by atoms with van der Waals surface area (Å²) in [5.74, 6) is -0.132. The molecular weight excluding hydrogens is 413 g/mol. The molecule has 3 aromatic carbocycles. The van der Waals surface area contributed by atoms with Crippen molar-refractivity contribution in [2.75, 3.05) is 5.32 Å². The van der Waals surface area contributed by atoms with Crippen LogP contribution < -0.4 is 5.32 Å². The number of azo groups is 1. The molecule has 4 nitrogen and oxygen atoms in total. The van der Waals surface area contributed by atoms with Gasteiger partial charge in [-0.1, -0.05) is 24.3 Å². The van der Waals surface area contributed by atoms with Gasteiger partial charge >= 0.3 is 0 Å². The molecule has 0 aliphatic rings. The molecule has 5 heteroatoms. The van der Waals surface area contributed by atoms with Crippen LogP contribution in [0.25, 0.3) is 0 Å². The maximum absolute atomic E-state index is 12.2. The third-order valence-corrected chi connectivity index (χ3v) is 3.92. The van der Waals surface area contributed by atoms with E-state index >= 15 is 0 Å². The smallest absolute Gasteiger partial charge is 0.255 e. The van der Waals surface area contributed by atoms with Gasteiger partial charge in [0.2, 0.25) is 0 Å². The van der Waals surface area contributed by atoms with Crippen LogP contribution in [0.3, 0.4) is 0 Å². The number of hydrogen-bond donors (Lipinski definition) is 1. The fraction of sp³-hybridized carbons (Fsp3) is 0. The Labute approximate surface area is 153 Å². The molecule has 0 aliphatic carbocycles. The van der Waals surface area contributed by atoms with Crippen molar-refractivity contribution < 1.29 is 4.79 Å². The lowest BCUT2D eigenvalue weighted by molar-refractivity contribution is 0.102. The average molecular weight is 427 g/mol. The molecular formula is C19H14IN3O. The van der Waals surface area contributed by atoms with Crippen LogP contribution in [0.2, 0.25) is 0 Å². The average Bonchev–Trinajstić information content (AvgIpc) is 2.62. The zero-order chi connectivity index (χ0) is 16.8. The Morgan fingerprint density at radius 3 is 2.12 bits per heavy atom. The number of benzene rings is 3. The van der Waals surface area contributed by atoms with Gasteiger partial charge in [0.25, 0.3) is 5.91 Å². The van der Waals surface area contributed by atoms with Gasteiger partial charge in [0.05, 0.1) is 11.4 Å². The van der Waals surface area contributed by atoms with E-state index in [1.807, 2.05) is 72.8 Å². The summed E-state index contributed by atoms with van der Waals surface area (Å²) in [7, 11) is 0. The number of halogens is 1. The van der Waals surface area contributed by atoms with Crippen LogP contribution in [-0.4, -0.2) is 5.91 Å². The predicted molar refractivity (Wildman–Crippen MR) is 104 cm³/mol. The summed E-state index contributed by atoms with van der Waals surface area (Å²) in [5, 5.41) is 11.2. The molecule has 24 heavy (non-hydrogen) atoms. The minimum absolute atomic E-state index is 0.132. The van der Waals surface area contributed by atoms with Crippen LogP contribution >= 0.6 is 22.6 Å². The van der Waals surface area contributed by atoms with Gasteiger partial charge in [0.15, 0.2) is 0 Å². The first kappa shape index (κ1) is 16.3. The first-order valence-corrected chi connectivity index (χ1v) is 8.42. The van der Waals surface area contributed by atoms with Crippen LogP contribution in [0.4, 0.5) is 17.1 Å². The minimum atomic E-state index is -0.132. The number of carbonyl (C=O) groups excluding carboxylic acids is 1. The molecule has 0 saturated carbocycles. The third kappa shape index (κ3) is 4.48. The fourth-order valence-corrected chi connectivity index (χ4v) is 2.60. The highest BCUT2D eigenvalue weighted by Gasteiger charge is 2.06. The molecule has 3 aromatic rings. The van der Waals surface area contributed by atoms with E-state index in [1.165, 1.54) is 0 Å². The van der Waals surface area contributed by atoms with Gasteiger partial charge in [0, 0.05) is 14.8 Å². The molecule has 1 amide bonds. The van der Waals surface area contributed by atoms with Crippen molar-refractivity contribution in [1.29, 1.82) is 0 Å². The van der Waals surface area contributed by atoms with Gasteiger partial charge < -0.3 is 5.32 Å². The largest absolute Gasteiger partial charge is 0.322 e. The van der Waals surface area contributed by atoms with Gasteiger partial charge in [0.1, 0.15) is 0 Å². The normalized spacial score (nSPS) is 10.7. The lowest BCUT2D eigenvalue weighted by Gasteiger charge is -2.05. The van der Waals surface area contributed by atoms with Gasteiger partial charge in [-0.05, 0) is 77.2 Å². The van der Waals surface area contributed by atoms with Crippen molar-refractivity contribution in [3.8, 4) is 0 Å². The molecule has 3 rings (SSSR count). The van der Waals surface area contributed by atoms with Crippen molar-refractivity contribution in [2.24, 2.45) is 10.2 Å². The van der Waals surface area contributed by atoms with Crippen LogP contribution in [0.15, 0.2) is 89.1 Å². The number of carbonyl (C=O) groups is 1. The number of hydrogen-bond acceptors (Lipinski definition) is 3. The van der Waals surface area contributed by atoms with E-state index in [-0.39, 0.29) is 5.91 Å². The number of nitrogens with zero attached hydrogens (tertiary/aromatic N) is 2. The van der Waals surface area contributed by atoms with Crippen LogP contribution in [0, 0.1) is 3.57 Å². The molecule has 0 fully saturated rings. The Morgan fingerprint density at radius 1 is 0.792 bits per heavy atom. The van der Waals surface area contributed by atoms with Gasteiger partial charge in [-0.15, -0.1) is 0 Å². The van der Waals surface area contributed by atoms with E-state index in [9.17, 15) is 4.79 Å². The summed E-state index contributed by atoms with van der Waals surface area (Å²) in [6.45, 7) is 0. The zero-order valence-electron chi connectivity index (χ0n) is 12.7. The fourth-order valence-electron chi connectivity index (χ4n) is 2.05. The zero-order valence-corrected chi connectivity index (χ0v) is 14.8. The van der Waals surface area contributed by atoms with Crippen molar-refractivity contribution in [3.63, 3.8) is 0 Å². The number of rotatable bonds is 4. The Bertz CT molecular complexity index is 861. The van der Waals surface area contributed by atoms with E-state index < -0.39 is 0 Å². The summed E-state index contributed by atoms with van der Waals surface area (Å²) in [6, 6.07) is 24.2. The molecule has 0 atom stereocenters. The van der Waals surface area contributed by atoms with Gasteiger partial charge in [-0.2, -0.15) is 10.2 Å². The molecule has 0 bridgehead atoms. The Morgan fingerprint density at radius 2 is 1.46 bits per heavy atom.